The van der Waals surface area contributed by atoms with Crippen molar-refractivity contribution in [2.45, 2.75) is 4.90 Å². The van der Waals surface area contributed by atoms with E-state index in [1.807, 2.05) is 0 Å². The Morgan fingerprint density at radius 2 is 1.95 bits per heavy atom. The molecular formula is C12H10Br2N2O3S. The van der Waals surface area contributed by atoms with Crippen LogP contribution in [0.2, 0.25) is 0 Å². The number of rotatable bonds is 4. The van der Waals surface area contributed by atoms with Crippen LogP contribution in [0, 0.1) is 0 Å². The van der Waals surface area contributed by atoms with Crippen molar-refractivity contribution < 1.29 is 13.2 Å². The quantitative estimate of drug-likeness (QED) is 0.768. The lowest BCUT2D eigenvalue weighted by molar-refractivity contribution is 0.403. The Labute approximate surface area is 133 Å². The standard InChI is InChI=1S/C12H10Br2N2O3S/c1-19-9-6-5-8(13)7-10(9)20(17,18)16-12-4-2-3-11(14)15-12/h2-7H,1H3,(H,15,16). The van der Waals surface area contributed by atoms with Gasteiger partial charge in [-0.2, -0.15) is 0 Å². The monoisotopic (exact) mass is 420 g/mol. The van der Waals surface area contributed by atoms with Crippen molar-refractivity contribution in [1.82, 2.24) is 4.98 Å². The molecule has 0 saturated carbocycles. The third-order valence-corrected chi connectivity index (χ3v) is 4.68. The summed E-state index contributed by atoms with van der Waals surface area (Å²) in [6.07, 6.45) is 0. The highest BCUT2D eigenvalue weighted by atomic mass is 79.9. The highest BCUT2D eigenvalue weighted by Gasteiger charge is 2.20. The van der Waals surface area contributed by atoms with Crippen molar-refractivity contribution in [2.24, 2.45) is 0 Å². The number of nitrogens with one attached hydrogen (secondary N) is 1. The van der Waals surface area contributed by atoms with Gasteiger partial charge in [0.1, 0.15) is 21.1 Å². The summed E-state index contributed by atoms with van der Waals surface area (Å²) in [6, 6.07) is 9.71. The lowest BCUT2D eigenvalue weighted by Crippen LogP contribution is -2.15. The van der Waals surface area contributed by atoms with Crippen molar-refractivity contribution in [3.05, 3.63) is 45.5 Å². The molecule has 1 aromatic carbocycles. The lowest BCUT2D eigenvalue weighted by Gasteiger charge is -2.11. The summed E-state index contributed by atoms with van der Waals surface area (Å²) in [5.41, 5.74) is 0. The number of hydrogen-bond donors (Lipinski definition) is 1. The van der Waals surface area contributed by atoms with Gasteiger partial charge in [-0.1, -0.05) is 22.0 Å². The van der Waals surface area contributed by atoms with Gasteiger partial charge in [-0.05, 0) is 46.3 Å². The SMILES string of the molecule is COc1ccc(Br)cc1S(=O)(=O)Nc1cccc(Br)n1. The van der Waals surface area contributed by atoms with E-state index in [0.717, 1.165) is 0 Å². The maximum atomic E-state index is 12.4. The zero-order chi connectivity index (χ0) is 14.8. The molecule has 2 rings (SSSR count). The zero-order valence-electron chi connectivity index (χ0n) is 10.3. The van der Waals surface area contributed by atoms with Crippen LogP contribution in [0.5, 0.6) is 5.75 Å². The fraction of sp³-hybridized carbons (Fsp3) is 0.0833. The molecule has 8 heteroatoms. The summed E-state index contributed by atoms with van der Waals surface area (Å²) in [5.74, 6) is 0.483. The Bertz CT molecular complexity index is 735. The minimum atomic E-state index is -3.78. The minimum absolute atomic E-state index is 0.0381. The number of anilines is 1. The summed E-state index contributed by atoms with van der Waals surface area (Å²) in [7, 11) is -2.37. The van der Waals surface area contributed by atoms with Crippen LogP contribution >= 0.6 is 31.9 Å². The highest BCUT2D eigenvalue weighted by molar-refractivity contribution is 9.10. The van der Waals surface area contributed by atoms with Crippen LogP contribution in [0.15, 0.2) is 50.4 Å². The number of ether oxygens (including phenoxy) is 1. The molecule has 20 heavy (non-hydrogen) atoms. The molecule has 0 spiro atoms. The number of pyridine rings is 1. The number of aromatic nitrogens is 1. The van der Waals surface area contributed by atoms with Crippen molar-refractivity contribution in [1.29, 1.82) is 0 Å². The average Bonchev–Trinajstić information content (AvgIpc) is 2.38. The van der Waals surface area contributed by atoms with E-state index in [-0.39, 0.29) is 16.5 Å². The van der Waals surface area contributed by atoms with E-state index < -0.39 is 10.0 Å². The van der Waals surface area contributed by atoms with Crippen molar-refractivity contribution in [3.8, 4) is 5.75 Å². The van der Waals surface area contributed by atoms with Gasteiger partial charge in [-0.25, -0.2) is 13.4 Å². The number of methoxy groups -OCH3 is 1. The van der Waals surface area contributed by atoms with E-state index >= 15 is 0 Å². The smallest absolute Gasteiger partial charge is 0.266 e. The van der Waals surface area contributed by atoms with E-state index in [1.165, 1.54) is 13.2 Å². The molecule has 0 fully saturated rings. The third kappa shape index (κ3) is 3.50. The molecule has 0 aliphatic heterocycles. The predicted octanol–water partition coefficient (Wildman–Crippen LogP) is 3.42. The fourth-order valence-corrected chi connectivity index (χ4v) is 3.57. The summed E-state index contributed by atoms with van der Waals surface area (Å²) >= 11 is 6.43. The second kappa shape index (κ2) is 6.11. The first-order chi connectivity index (χ1) is 9.42. The highest BCUT2D eigenvalue weighted by Crippen LogP contribution is 2.28. The van der Waals surface area contributed by atoms with Crippen LogP contribution < -0.4 is 9.46 Å². The molecule has 1 aromatic heterocycles. The molecule has 0 bridgehead atoms. The average molecular weight is 422 g/mol. The first-order valence-corrected chi connectivity index (χ1v) is 8.48. The van der Waals surface area contributed by atoms with Gasteiger partial charge >= 0.3 is 0 Å². The number of halogens is 2. The number of nitrogens with zero attached hydrogens (tertiary/aromatic N) is 1. The van der Waals surface area contributed by atoms with Gasteiger partial charge < -0.3 is 4.74 Å². The minimum Gasteiger partial charge on any atom is -0.495 e. The molecule has 0 atom stereocenters. The first-order valence-electron chi connectivity index (χ1n) is 5.41. The normalized spacial score (nSPS) is 11.2. The Kier molecular flexibility index (Phi) is 4.66. The molecule has 0 aliphatic rings. The van der Waals surface area contributed by atoms with Crippen LogP contribution in [0.25, 0.3) is 0 Å². The maximum absolute atomic E-state index is 12.4. The molecule has 0 unspecified atom stereocenters. The zero-order valence-corrected chi connectivity index (χ0v) is 14.3. The largest absolute Gasteiger partial charge is 0.495 e. The Hall–Kier alpha value is -1.12. The van der Waals surface area contributed by atoms with Gasteiger partial charge in [0.25, 0.3) is 10.0 Å². The van der Waals surface area contributed by atoms with Crippen LogP contribution in [-0.2, 0) is 10.0 Å². The predicted molar refractivity (Wildman–Crippen MR) is 83.4 cm³/mol. The van der Waals surface area contributed by atoms with Gasteiger partial charge in [0, 0.05) is 4.47 Å². The molecule has 1 heterocycles. The van der Waals surface area contributed by atoms with Gasteiger partial charge in [0.2, 0.25) is 0 Å². The van der Waals surface area contributed by atoms with Crippen molar-refractivity contribution in [3.63, 3.8) is 0 Å². The van der Waals surface area contributed by atoms with Gasteiger partial charge in [0.15, 0.2) is 0 Å². The van der Waals surface area contributed by atoms with E-state index in [4.69, 9.17) is 4.74 Å². The number of sulfonamides is 1. The van der Waals surface area contributed by atoms with Crippen LogP contribution in [0.1, 0.15) is 0 Å². The van der Waals surface area contributed by atoms with Crippen LogP contribution in [0.3, 0.4) is 0 Å². The Morgan fingerprint density at radius 1 is 1.20 bits per heavy atom. The molecule has 0 saturated heterocycles. The topological polar surface area (TPSA) is 68.3 Å². The van der Waals surface area contributed by atoms with E-state index in [0.29, 0.717) is 9.08 Å². The van der Waals surface area contributed by atoms with Gasteiger partial charge in [-0.15, -0.1) is 0 Å². The summed E-state index contributed by atoms with van der Waals surface area (Å²) in [6.45, 7) is 0. The van der Waals surface area contributed by atoms with Gasteiger partial charge in [0.05, 0.1) is 7.11 Å². The second-order valence-corrected chi connectivity index (χ2v) is 7.13. The fourth-order valence-electron chi connectivity index (χ4n) is 1.52. The van der Waals surface area contributed by atoms with Gasteiger partial charge in [-0.3, -0.25) is 4.72 Å². The molecule has 0 radical (unpaired) electrons. The number of benzene rings is 1. The van der Waals surface area contributed by atoms with Crippen molar-refractivity contribution >= 4 is 47.7 Å². The van der Waals surface area contributed by atoms with Crippen LogP contribution in [0.4, 0.5) is 5.82 Å². The number of hydrogen-bond acceptors (Lipinski definition) is 4. The first kappa shape index (κ1) is 15.3. The molecule has 0 aliphatic carbocycles. The summed E-state index contributed by atoms with van der Waals surface area (Å²) in [4.78, 5) is 4.07. The molecule has 0 amide bonds. The molecule has 5 nitrogen and oxygen atoms in total. The lowest BCUT2D eigenvalue weighted by atomic mass is 10.3. The Balaban J connectivity index is 2.43. The van der Waals surface area contributed by atoms with E-state index in [1.54, 1.807) is 30.3 Å². The van der Waals surface area contributed by atoms with Crippen LogP contribution in [-0.4, -0.2) is 20.5 Å². The van der Waals surface area contributed by atoms with E-state index in [2.05, 4.69) is 41.6 Å². The third-order valence-electron chi connectivity index (χ3n) is 2.37. The molecule has 2 aromatic rings. The summed E-state index contributed by atoms with van der Waals surface area (Å²) in [5, 5.41) is 0. The van der Waals surface area contributed by atoms with Crippen molar-refractivity contribution in [2.75, 3.05) is 11.8 Å². The Morgan fingerprint density at radius 3 is 2.60 bits per heavy atom. The summed E-state index contributed by atoms with van der Waals surface area (Å²) < 4.78 is 33.4. The molecular weight excluding hydrogens is 412 g/mol. The molecule has 1 N–H and O–H groups in total. The van der Waals surface area contributed by atoms with E-state index in [9.17, 15) is 8.42 Å². The second-order valence-electron chi connectivity index (χ2n) is 3.75. The maximum Gasteiger partial charge on any atom is 0.266 e. The molecule has 106 valence electrons.